The van der Waals surface area contributed by atoms with Crippen molar-refractivity contribution in [3.8, 4) is 5.75 Å². The van der Waals surface area contributed by atoms with E-state index in [4.69, 9.17) is 19.4 Å². The molecular formula is C33H44N6O2. The Morgan fingerprint density at radius 2 is 1.83 bits per heavy atom. The van der Waals surface area contributed by atoms with Gasteiger partial charge in [0.2, 0.25) is 5.95 Å². The van der Waals surface area contributed by atoms with Gasteiger partial charge in [-0.15, -0.1) is 0 Å². The van der Waals surface area contributed by atoms with Gasteiger partial charge >= 0.3 is 0 Å². The first-order valence-corrected chi connectivity index (χ1v) is 14.9. The first kappa shape index (κ1) is 28.9. The molecule has 41 heavy (non-hydrogen) atoms. The average molecular weight is 557 g/mol. The van der Waals surface area contributed by atoms with Gasteiger partial charge < -0.3 is 24.7 Å². The normalized spacial score (nSPS) is 14.0. The predicted molar refractivity (Wildman–Crippen MR) is 167 cm³/mol. The molecule has 0 bridgehead atoms. The molecule has 0 unspecified atom stereocenters. The van der Waals surface area contributed by atoms with E-state index in [0.717, 1.165) is 99.3 Å². The Hall–Kier alpha value is -3.62. The molecule has 1 aliphatic heterocycles. The van der Waals surface area contributed by atoms with Crippen LogP contribution < -0.4 is 15.4 Å². The Kier molecular flexibility index (Phi) is 9.75. The van der Waals surface area contributed by atoms with Gasteiger partial charge in [0.1, 0.15) is 11.4 Å². The van der Waals surface area contributed by atoms with E-state index in [9.17, 15) is 0 Å². The molecule has 5 rings (SSSR count). The Labute approximate surface area is 244 Å². The molecule has 2 N–H and O–H groups in total. The van der Waals surface area contributed by atoms with E-state index in [2.05, 4.69) is 70.3 Å². The first-order valence-electron chi connectivity index (χ1n) is 14.9. The number of morpholine rings is 1. The highest BCUT2D eigenvalue weighted by Crippen LogP contribution is 2.27. The largest absolute Gasteiger partial charge is 0.495 e. The first-order chi connectivity index (χ1) is 20.0. The zero-order chi connectivity index (χ0) is 28.6. The maximum Gasteiger partial charge on any atom is 0.204 e. The van der Waals surface area contributed by atoms with Gasteiger partial charge in [0.05, 0.1) is 37.9 Å². The standard InChI is InChI=1S/C33H44N6O2/c1-5-7-27-11-8-24(2)20-29(27)35-22-26-10-12-28-31(21-26)39(23-30-32(40-4)13-9-25(3)36-30)33(37-28)34-14-6-15-38-16-18-41-19-17-38/h8-13,20-21,35H,5-7,14-19,22-23H2,1-4H3,(H,34,37). The summed E-state index contributed by atoms with van der Waals surface area (Å²) in [5.41, 5.74) is 8.99. The van der Waals surface area contributed by atoms with Crippen LogP contribution in [0.1, 0.15) is 47.8 Å². The number of nitrogens with one attached hydrogen (secondary N) is 2. The molecule has 0 spiro atoms. The summed E-state index contributed by atoms with van der Waals surface area (Å²) in [5, 5.41) is 7.33. The summed E-state index contributed by atoms with van der Waals surface area (Å²) >= 11 is 0. The molecule has 2 aromatic carbocycles. The molecule has 0 saturated carbocycles. The second-order valence-electron chi connectivity index (χ2n) is 10.9. The number of fused-ring (bicyclic) bond motifs is 1. The number of pyridine rings is 1. The van der Waals surface area contributed by atoms with Gasteiger partial charge in [0, 0.05) is 37.6 Å². The van der Waals surface area contributed by atoms with Crippen molar-refractivity contribution < 1.29 is 9.47 Å². The lowest BCUT2D eigenvalue weighted by molar-refractivity contribution is 0.0378. The monoisotopic (exact) mass is 556 g/mol. The van der Waals surface area contributed by atoms with Crippen molar-refractivity contribution in [2.75, 3.05) is 57.1 Å². The van der Waals surface area contributed by atoms with Crippen LogP contribution in [0.25, 0.3) is 11.0 Å². The van der Waals surface area contributed by atoms with Crippen LogP contribution >= 0.6 is 0 Å². The molecular weight excluding hydrogens is 512 g/mol. The van der Waals surface area contributed by atoms with Crippen LogP contribution in [0.3, 0.4) is 0 Å². The fourth-order valence-corrected chi connectivity index (χ4v) is 5.49. The molecule has 0 atom stereocenters. The number of methoxy groups -OCH3 is 1. The topological polar surface area (TPSA) is 76.5 Å². The van der Waals surface area contributed by atoms with Crippen molar-refractivity contribution >= 4 is 22.7 Å². The number of anilines is 2. The number of rotatable bonds is 13. The van der Waals surface area contributed by atoms with E-state index in [1.807, 2.05) is 19.1 Å². The van der Waals surface area contributed by atoms with Crippen LogP contribution in [0, 0.1) is 13.8 Å². The third-order valence-corrected chi connectivity index (χ3v) is 7.72. The summed E-state index contributed by atoms with van der Waals surface area (Å²) in [6.07, 6.45) is 3.24. The summed E-state index contributed by atoms with van der Waals surface area (Å²) in [4.78, 5) is 12.3. The number of hydrogen-bond acceptors (Lipinski definition) is 7. The van der Waals surface area contributed by atoms with Crippen molar-refractivity contribution in [3.63, 3.8) is 0 Å². The van der Waals surface area contributed by atoms with Crippen LogP contribution in [-0.2, 0) is 24.2 Å². The van der Waals surface area contributed by atoms with Gasteiger partial charge in [-0.05, 0) is 80.3 Å². The van der Waals surface area contributed by atoms with Crippen LogP contribution in [-0.4, -0.2) is 65.9 Å². The van der Waals surface area contributed by atoms with Crippen LogP contribution in [0.5, 0.6) is 5.75 Å². The molecule has 8 nitrogen and oxygen atoms in total. The molecule has 2 aromatic heterocycles. The zero-order valence-electron chi connectivity index (χ0n) is 25.0. The Bertz CT molecular complexity index is 1440. The Morgan fingerprint density at radius 1 is 0.976 bits per heavy atom. The number of ether oxygens (including phenoxy) is 2. The molecule has 8 heteroatoms. The average Bonchev–Trinajstić information content (AvgIpc) is 3.32. The highest BCUT2D eigenvalue weighted by Gasteiger charge is 2.16. The van der Waals surface area contributed by atoms with Gasteiger partial charge in [-0.25, -0.2) is 4.98 Å². The van der Waals surface area contributed by atoms with E-state index < -0.39 is 0 Å². The number of nitrogens with zero attached hydrogens (tertiary/aromatic N) is 4. The van der Waals surface area contributed by atoms with Crippen molar-refractivity contribution in [1.29, 1.82) is 0 Å². The molecule has 0 aliphatic carbocycles. The number of hydrogen-bond donors (Lipinski definition) is 2. The molecule has 3 heterocycles. The molecule has 1 saturated heterocycles. The smallest absolute Gasteiger partial charge is 0.204 e. The molecule has 4 aromatic rings. The van der Waals surface area contributed by atoms with Crippen LogP contribution in [0.4, 0.5) is 11.6 Å². The SMILES string of the molecule is CCCc1ccc(C)cc1NCc1ccc2nc(NCCCN3CCOCC3)n(Cc3nc(C)ccc3OC)c2c1. The predicted octanol–water partition coefficient (Wildman–Crippen LogP) is 5.80. The van der Waals surface area contributed by atoms with E-state index in [1.54, 1.807) is 7.11 Å². The van der Waals surface area contributed by atoms with Crippen molar-refractivity contribution in [3.05, 3.63) is 76.6 Å². The highest BCUT2D eigenvalue weighted by atomic mass is 16.5. The lowest BCUT2D eigenvalue weighted by atomic mass is 10.0. The van der Waals surface area contributed by atoms with Crippen molar-refractivity contribution in [1.82, 2.24) is 19.4 Å². The minimum absolute atomic E-state index is 0.572. The van der Waals surface area contributed by atoms with Crippen molar-refractivity contribution in [2.24, 2.45) is 0 Å². The Balaban J connectivity index is 1.39. The number of imidazole rings is 1. The summed E-state index contributed by atoms with van der Waals surface area (Å²) in [5.74, 6) is 1.65. The second kappa shape index (κ2) is 13.8. The minimum atomic E-state index is 0.572. The summed E-state index contributed by atoms with van der Waals surface area (Å²) < 4.78 is 13.4. The minimum Gasteiger partial charge on any atom is -0.495 e. The third kappa shape index (κ3) is 7.37. The number of aromatic nitrogens is 3. The highest BCUT2D eigenvalue weighted by molar-refractivity contribution is 5.80. The van der Waals surface area contributed by atoms with Gasteiger partial charge in [-0.2, -0.15) is 0 Å². The molecule has 0 amide bonds. The molecule has 218 valence electrons. The fraction of sp³-hybridized carbons (Fsp3) is 0.455. The number of aryl methyl sites for hydroxylation is 3. The fourth-order valence-electron chi connectivity index (χ4n) is 5.49. The molecule has 0 radical (unpaired) electrons. The van der Waals surface area contributed by atoms with Crippen molar-refractivity contribution in [2.45, 2.75) is 53.1 Å². The Morgan fingerprint density at radius 3 is 2.63 bits per heavy atom. The van der Waals surface area contributed by atoms with Gasteiger partial charge in [0.15, 0.2) is 0 Å². The molecule has 1 aliphatic rings. The third-order valence-electron chi connectivity index (χ3n) is 7.72. The quantitative estimate of drug-likeness (QED) is 0.202. The zero-order valence-corrected chi connectivity index (χ0v) is 25.0. The van der Waals surface area contributed by atoms with E-state index in [1.165, 1.54) is 22.4 Å². The van der Waals surface area contributed by atoms with Gasteiger partial charge in [-0.3, -0.25) is 9.88 Å². The van der Waals surface area contributed by atoms with Crippen LogP contribution in [0.15, 0.2) is 48.5 Å². The van der Waals surface area contributed by atoms with Gasteiger partial charge in [-0.1, -0.05) is 31.5 Å². The van der Waals surface area contributed by atoms with Crippen LogP contribution in [0.2, 0.25) is 0 Å². The second-order valence-corrected chi connectivity index (χ2v) is 10.9. The maximum atomic E-state index is 5.68. The van der Waals surface area contributed by atoms with E-state index in [0.29, 0.717) is 6.54 Å². The lowest BCUT2D eigenvalue weighted by Crippen LogP contribution is -2.37. The maximum absolute atomic E-state index is 5.68. The lowest BCUT2D eigenvalue weighted by Gasteiger charge is -2.26. The van der Waals surface area contributed by atoms with E-state index in [-0.39, 0.29) is 0 Å². The van der Waals surface area contributed by atoms with Gasteiger partial charge in [0.25, 0.3) is 0 Å². The van der Waals surface area contributed by atoms with E-state index >= 15 is 0 Å². The number of benzene rings is 2. The molecule has 1 fully saturated rings. The summed E-state index contributed by atoms with van der Waals surface area (Å²) in [6, 6.07) is 17.2. The summed E-state index contributed by atoms with van der Waals surface area (Å²) in [6.45, 7) is 13.3. The summed E-state index contributed by atoms with van der Waals surface area (Å²) in [7, 11) is 1.70.